The maximum atomic E-state index is 13.5. The summed E-state index contributed by atoms with van der Waals surface area (Å²) >= 11 is 2.47. The van der Waals surface area contributed by atoms with Crippen LogP contribution in [0.1, 0.15) is 16.1 Å². The van der Waals surface area contributed by atoms with Gasteiger partial charge in [-0.2, -0.15) is 0 Å². The number of carbonyl (C=O) groups is 2. The number of halogens is 2. The number of benzene rings is 1. The molecule has 2 amide bonds. The lowest BCUT2D eigenvalue weighted by atomic mass is 10.2. The van der Waals surface area contributed by atoms with Crippen LogP contribution in [0.15, 0.2) is 23.6 Å². The Labute approximate surface area is 132 Å². The first kappa shape index (κ1) is 16.4. The van der Waals surface area contributed by atoms with Crippen molar-refractivity contribution in [2.45, 2.75) is 5.75 Å². The summed E-state index contributed by atoms with van der Waals surface area (Å²) < 4.78 is 26.3. The number of nitrogens with one attached hydrogen (secondary N) is 1. The van der Waals surface area contributed by atoms with Gasteiger partial charge < -0.3 is 5.73 Å². The number of thioether (sulfide) groups is 1. The molecule has 0 saturated heterocycles. The van der Waals surface area contributed by atoms with Gasteiger partial charge in [0.05, 0.1) is 17.0 Å². The minimum Gasteiger partial charge on any atom is -0.369 e. The van der Waals surface area contributed by atoms with Crippen LogP contribution in [0.3, 0.4) is 0 Å². The Morgan fingerprint density at radius 2 is 2.14 bits per heavy atom. The minimum absolute atomic E-state index is 0.181. The predicted octanol–water partition coefficient (Wildman–Crippen LogP) is 2.39. The van der Waals surface area contributed by atoms with Gasteiger partial charge in [-0.25, -0.2) is 13.8 Å². The van der Waals surface area contributed by atoms with E-state index in [2.05, 4.69) is 10.3 Å². The smallest absolute Gasteiger partial charge is 0.260 e. The highest BCUT2D eigenvalue weighted by atomic mass is 32.2. The third-order valence-electron chi connectivity index (χ3n) is 2.44. The lowest BCUT2D eigenvalue weighted by molar-refractivity contribution is -0.115. The summed E-state index contributed by atoms with van der Waals surface area (Å²) in [6.45, 7) is 0. The number of hydrogen-bond donors (Lipinski definition) is 2. The lowest BCUT2D eigenvalue weighted by Gasteiger charge is -2.03. The van der Waals surface area contributed by atoms with Crippen molar-refractivity contribution in [3.63, 3.8) is 0 Å². The second-order valence-electron chi connectivity index (χ2n) is 4.18. The molecule has 0 saturated carbocycles. The van der Waals surface area contributed by atoms with E-state index in [-0.39, 0.29) is 11.3 Å². The number of amides is 2. The number of primary amides is 1. The molecule has 2 rings (SSSR count). The van der Waals surface area contributed by atoms with Gasteiger partial charge in [0.15, 0.2) is 5.13 Å². The van der Waals surface area contributed by atoms with Crippen LogP contribution in [-0.4, -0.2) is 22.6 Å². The van der Waals surface area contributed by atoms with Gasteiger partial charge in [0.2, 0.25) is 5.91 Å². The van der Waals surface area contributed by atoms with E-state index < -0.39 is 23.4 Å². The first-order valence-corrected chi connectivity index (χ1v) is 8.06. The van der Waals surface area contributed by atoms with Crippen LogP contribution < -0.4 is 11.1 Å². The van der Waals surface area contributed by atoms with Crippen LogP contribution in [0.5, 0.6) is 0 Å². The zero-order valence-electron chi connectivity index (χ0n) is 11.1. The van der Waals surface area contributed by atoms with E-state index in [0.29, 0.717) is 22.6 Å². The lowest BCUT2D eigenvalue weighted by Crippen LogP contribution is -2.14. The van der Waals surface area contributed by atoms with Crippen LogP contribution in [0.4, 0.5) is 13.9 Å². The highest BCUT2D eigenvalue weighted by Gasteiger charge is 2.14. The normalized spacial score (nSPS) is 10.5. The summed E-state index contributed by atoms with van der Waals surface area (Å²) in [7, 11) is 0. The Kier molecular flexibility index (Phi) is 5.45. The first-order chi connectivity index (χ1) is 10.5. The van der Waals surface area contributed by atoms with Crippen LogP contribution in [0.2, 0.25) is 0 Å². The summed E-state index contributed by atoms with van der Waals surface area (Å²) in [6, 6.07) is 2.71. The molecule has 0 fully saturated rings. The number of rotatable bonds is 6. The summed E-state index contributed by atoms with van der Waals surface area (Å²) in [4.78, 5) is 26.6. The Balaban J connectivity index is 1.97. The van der Waals surface area contributed by atoms with Gasteiger partial charge in [0, 0.05) is 17.2 Å². The van der Waals surface area contributed by atoms with E-state index in [0.717, 1.165) is 12.1 Å². The number of anilines is 1. The topological polar surface area (TPSA) is 85.1 Å². The number of thiazole rings is 1. The van der Waals surface area contributed by atoms with Crippen molar-refractivity contribution in [1.29, 1.82) is 0 Å². The standard InChI is InChI=1S/C13H11F2N3O2S2/c14-7-1-2-9(10(15)3-7)12(20)18-13-17-8(5-22-13)4-21-6-11(16)19/h1-3,5H,4,6H2,(H2,16,19)(H,17,18,20). The molecule has 0 aliphatic carbocycles. The molecule has 0 radical (unpaired) electrons. The number of aromatic nitrogens is 1. The van der Waals surface area contributed by atoms with Gasteiger partial charge >= 0.3 is 0 Å². The fourth-order valence-corrected chi connectivity index (χ4v) is 3.00. The molecule has 1 aromatic carbocycles. The molecular weight excluding hydrogens is 332 g/mol. The number of nitrogens with zero attached hydrogens (tertiary/aromatic N) is 1. The third kappa shape index (κ3) is 4.50. The Hall–Kier alpha value is -2.00. The van der Waals surface area contributed by atoms with Gasteiger partial charge in [-0.15, -0.1) is 23.1 Å². The van der Waals surface area contributed by atoms with Gasteiger partial charge in [0.1, 0.15) is 11.6 Å². The van der Waals surface area contributed by atoms with Crippen LogP contribution in [0.25, 0.3) is 0 Å². The molecule has 22 heavy (non-hydrogen) atoms. The quantitative estimate of drug-likeness (QED) is 0.843. The summed E-state index contributed by atoms with van der Waals surface area (Å²) in [6.07, 6.45) is 0. The van der Waals surface area contributed by atoms with Crippen molar-refractivity contribution in [2.24, 2.45) is 5.73 Å². The minimum atomic E-state index is -0.939. The molecule has 116 valence electrons. The van der Waals surface area contributed by atoms with Crippen molar-refractivity contribution >= 4 is 40.0 Å². The second-order valence-corrected chi connectivity index (χ2v) is 6.03. The summed E-state index contributed by atoms with van der Waals surface area (Å²) in [5.74, 6) is -2.16. The zero-order chi connectivity index (χ0) is 16.1. The van der Waals surface area contributed by atoms with Crippen molar-refractivity contribution < 1.29 is 18.4 Å². The molecule has 5 nitrogen and oxygen atoms in total. The monoisotopic (exact) mass is 343 g/mol. The largest absolute Gasteiger partial charge is 0.369 e. The zero-order valence-corrected chi connectivity index (χ0v) is 12.8. The van der Waals surface area contributed by atoms with E-state index in [4.69, 9.17) is 5.73 Å². The molecule has 0 spiro atoms. The Bertz CT molecular complexity index is 706. The Morgan fingerprint density at radius 1 is 1.36 bits per heavy atom. The molecule has 0 atom stereocenters. The van der Waals surface area contributed by atoms with E-state index in [1.807, 2.05) is 0 Å². The maximum Gasteiger partial charge on any atom is 0.260 e. The molecule has 2 aromatic rings. The van der Waals surface area contributed by atoms with Gasteiger partial charge in [-0.05, 0) is 12.1 Å². The molecule has 3 N–H and O–H groups in total. The van der Waals surface area contributed by atoms with Crippen molar-refractivity contribution in [3.8, 4) is 0 Å². The number of nitrogens with two attached hydrogens (primary N) is 1. The van der Waals surface area contributed by atoms with Crippen LogP contribution in [-0.2, 0) is 10.5 Å². The third-order valence-corrected chi connectivity index (χ3v) is 4.24. The van der Waals surface area contributed by atoms with Gasteiger partial charge in [0.25, 0.3) is 5.91 Å². The summed E-state index contributed by atoms with van der Waals surface area (Å²) in [5, 5.41) is 4.45. The molecule has 1 aromatic heterocycles. The second kappa shape index (κ2) is 7.32. The van der Waals surface area contributed by atoms with Crippen LogP contribution in [0, 0.1) is 11.6 Å². The maximum absolute atomic E-state index is 13.5. The first-order valence-electron chi connectivity index (χ1n) is 6.02. The number of hydrogen-bond acceptors (Lipinski definition) is 5. The molecule has 0 aliphatic rings. The SMILES string of the molecule is NC(=O)CSCc1csc(NC(=O)c2ccc(F)cc2F)n1. The average molecular weight is 343 g/mol. The van der Waals surface area contributed by atoms with E-state index in [1.54, 1.807) is 5.38 Å². The molecular formula is C13H11F2N3O2S2. The van der Waals surface area contributed by atoms with E-state index >= 15 is 0 Å². The number of carbonyl (C=O) groups excluding carboxylic acids is 2. The van der Waals surface area contributed by atoms with E-state index in [1.165, 1.54) is 23.1 Å². The Morgan fingerprint density at radius 3 is 2.82 bits per heavy atom. The van der Waals surface area contributed by atoms with Gasteiger partial charge in [-0.3, -0.25) is 14.9 Å². The van der Waals surface area contributed by atoms with Crippen molar-refractivity contribution in [3.05, 3.63) is 46.5 Å². The van der Waals surface area contributed by atoms with Gasteiger partial charge in [-0.1, -0.05) is 0 Å². The fraction of sp³-hybridized carbons (Fsp3) is 0.154. The van der Waals surface area contributed by atoms with Crippen molar-refractivity contribution in [1.82, 2.24) is 4.98 Å². The molecule has 9 heteroatoms. The highest BCUT2D eigenvalue weighted by molar-refractivity contribution is 7.99. The van der Waals surface area contributed by atoms with E-state index in [9.17, 15) is 18.4 Å². The van der Waals surface area contributed by atoms with Crippen molar-refractivity contribution in [2.75, 3.05) is 11.1 Å². The highest BCUT2D eigenvalue weighted by Crippen LogP contribution is 2.20. The fourth-order valence-electron chi connectivity index (χ4n) is 1.52. The molecule has 0 unspecified atom stereocenters. The predicted molar refractivity (Wildman–Crippen MR) is 81.8 cm³/mol. The van der Waals surface area contributed by atoms with Crippen LogP contribution >= 0.6 is 23.1 Å². The molecule has 0 aliphatic heterocycles. The molecule has 0 bridgehead atoms. The molecule has 1 heterocycles. The average Bonchev–Trinajstić information content (AvgIpc) is 2.85. The summed E-state index contributed by atoms with van der Waals surface area (Å²) in [5.41, 5.74) is 5.43.